The Balaban J connectivity index is 2.24. The maximum Gasteiger partial charge on any atom is 0.315 e. The Morgan fingerprint density at radius 3 is 2.89 bits per heavy atom. The number of rotatable bonds is 9. The van der Waals surface area contributed by atoms with Gasteiger partial charge >= 0.3 is 6.01 Å². The first-order valence-corrected chi connectivity index (χ1v) is 6.17. The molecular weight excluding hydrogens is 250 g/mol. The van der Waals surface area contributed by atoms with Crippen molar-refractivity contribution in [2.45, 2.75) is 26.4 Å². The van der Waals surface area contributed by atoms with E-state index in [1.807, 2.05) is 13.8 Å². The second kappa shape index (κ2) is 8.44. The quantitative estimate of drug-likeness (QED) is 0.532. The molecule has 0 aliphatic carbocycles. The van der Waals surface area contributed by atoms with Gasteiger partial charge in [0.25, 0.3) is 0 Å². The Kier molecular flexibility index (Phi) is 6.83. The lowest BCUT2D eigenvalue weighted by molar-refractivity contribution is -0.119. The standard InChI is InChI=1S/C11H21N5O3/c1-8(2)13-7-10-15-16-11(19-10)14-6-9(17)12-4-5-18-3/h8,13H,4-7H2,1-3H3,(H,12,17)(H,14,16). The van der Waals surface area contributed by atoms with Crippen molar-refractivity contribution in [1.29, 1.82) is 0 Å². The van der Waals surface area contributed by atoms with E-state index >= 15 is 0 Å². The van der Waals surface area contributed by atoms with E-state index < -0.39 is 0 Å². The Bertz CT molecular complexity index is 380. The van der Waals surface area contributed by atoms with Crippen LogP contribution < -0.4 is 16.0 Å². The zero-order chi connectivity index (χ0) is 14.1. The number of carbonyl (C=O) groups excluding carboxylic acids is 1. The van der Waals surface area contributed by atoms with E-state index in [0.29, 0.717) is 31.6 Å². The first kappa shape index (κ1) is 15.4. The van der Waals surface area contributed by atoms with E-state index in [1.165, 1.54) is 0 Å². The topological polar surface area (TPSA) is 101 Å². The van der Waals surface area contributed by atoms with Gasteiger partial charge in [-0.3, -0.25) is 4.79 Å². The van der Waals surface area contributed by atoms with Gasteiger partial charge in [0, 0.05) is 19.7 Å². The maximum absolute atomic E-state index is 11.4. The highest BCUT2D eigenvalue weighted by Crippen LogP contribution is 2.04. The Labute approximate surface area is 112 Å². The third-order valence-corrected chi connectivity index (χ3v) is 2.16. The summed E-state index contributed by atoms with van der Waals surface area (Å²) in [6.07, 6.45) is 0. The summed E-state index contributed by atoms with van der Waals surface area (Å²) < 4.78 is 10.1. The molecule has 0 radical (unpaired) electrons. The van der Waals surface area contributed by atoms with Gasteiger partial charge in [0.1, 0.15) is 0 Å². The minimum absolute atomic E-state index is 0.0863. The Morgan fingerprint density at radius 1 is 1.42 bits per heavy atom. The van der Waals surface area contributed by atoms with Gasteiger partial charge in [0.05, 0.1) is 19.7 Å². The van der Waals surface area contributed by atoms with E-state index in [2.05, 4.69) is 26.1 Å². The molecular formula is C11H21N5O3. The van der Waals surface area contributed by atoms with Crippen molar-refractivity contribution < 1.29 is 13.9 Å². The fourth-order valence-electron chi connectivity index (χ4n) is 1.20. The predicted octanol–water partition coefficient (Wildman–Crippen LogP) is -0.258. The highest BCUT2D eigenvalue weighted by Gasteiger charge is 2.07. The van der Waals surface area contributed by atoms with Gasteiger partial charge in [-0.1, -0.05) is 18.9 Å². The van der Waals surface area contributed by atoms with Crippen LogP contribution in [-0.4, -0.2) is 49.0 Å². The van der Waals surface area contributed by atoms with E-state index in [9.17, 15) is 4.79 Å². The van der Waals surface area contributed by atoms with E-state index in [4.69, 9.17) is 9.15 Å². The molecule has 0 bridgehead atoms. The second-order valence-corrected chi connectivity index (χ2v) is 4.23. The van der Waals surface area contributed by atoms with Crippen LogP contribution in [0.15, 0.2) is 4.42 Å². The van der Waals surface area contributed by atoms with Crippen molar-refractivity contribution >= 4 is 11.9 Å². The molecule has 0 aliphatic heterocycles. The summed E-state index contributed by atoms with van der Waals surface area (Å²) in [5.41, 5.74) is 0. The summed E-state index contributed by atoms with van der Waals surface area (Å²) >= 11 is 0. The number of hydrogen-bond acceptors (Lipinski definition) is 7. The molecule has 1 heterocycles. The van der Waals surface area contributed by atoms with Crippen LogP contribution in [0.1, 0.15) is 19.7 Å². The molecule has 0 unspecified atom stereocenters. The molecule has 0 saturated heterocycles. The fourth-order valence-corrected chi connectivity index (χ4v) is 1.20. The van der Waals surface area contributed by atoms with Gasteiger partial charge in [-0.05, 0) is 0 Å². The summed E-state index contributed by atoms with van der Waals surface area (Å²) in [4.78, 5) is 11.4. The van der Waals surface area contributed by atoms with Crippen LogP contribution in [0.5, 0.6) is 0 Å². The average Bonchev–Trinajstić information content (AvgIpc) is 2.82. The highest BCUT2D eigenvalue weighted by molar-refractivity contribution is 5.79. The van der Waals surface area contributed by atoms with E-state index in [0.717, 1.165) is 0 Å². The van der Waals surface area contributed by atoms with Gasteiger partial charge in [-0.15, -0.1) is 5.10 Å². The van der Waals surface area contributed by atoms with Gasteiger partial charge in [-0.25, -0.2) is 0 Å². The normalized spacial score (nSPS) is 10.7. The van der Waals surface area contributed by atoms with E-state index in [1.54, 1.807) is 7.11 Å². The van der Waals surface area contributed by atoms with Crippen LogP contribution in [0.3, 0.4) is 0 Å². The van der Waals surface area contributed by atoms with Gasteiger partial charge in [0.15, 0.2) is 0 Å². The summed E-state index contributed by atoms with van der Waals surface area (Å²) in [5, 5.41) is 16.2. The third-order valence-electron chi connectivity index (χ3n) is 2.16. The summed E-state index contributed by atoms with van der Waals surface area (Å²) in [7, 11) is 1.58. The van der Waals surface area contributed by atoms with Crippen LogP contribution in [0.4, 0.5) is 6.01 Å². The number of ether oxygens (including phenoxy) is 1. The SMILES string of the molecule is COCCNC(=O)CNc1nnc(CNC(C)C)o1. The lowest BCUT2D eigenvalue weighted by Gasteiger charge is -2.04. The van der Waals surface area contributed by atoms with Crippen LogP contribution in [0, 0.1) is 0 Å². The molecule has 108 valence electrons. The molecule has 1 aromatic heterocycles. The minimum Gasteiger partial charge on any atom is -0.407 e. The molecule has 0 saturated carbocycles. The second-order valence-electron chi connectivity index (χ2n) is 4.23. The van der Waals surface area contributed by atoms with Crippen molar-refractivity contribution in [2.24, 2.45) is 0 Å². The minimum atomic E-state index is -0.155. The number of nitrogens with one attached hydrogen (secondary N) is 3. The largest absolute Gasteiger partial charge is 0.407 e. The van der Waals surface area contributed by atoms with Crippen LogP contribution in [0.2, 0.25) is 0 Å². The average molecular weight is 271 g/mol. The molecule has 0 spiro atoms. The molecule has 0 fully saturated rings. The van der Waals surface area contributed by atoms with E-state index in [-0.39, 0.29) is 18.5 Å². The number of nitrogens with zero attached hydrogens (tertiary/aromatic N) is 2. The number of carbonyl (C=O) groups is 1. The number of aromatic nitrogens is 2. The lowest BCUT2D eigenvalue weighted by atomic mass is 10.4. The summed E-state index contributed by atoms with van der Waals surface area (Å²) in [6.45, 7) is 5.61. The molecule has 1 amide bonds. The molecule has 1 rings (SSSR count). The zero-order valence-corrected chi connectivity index (χ0v) is 11.5. The third kappa shape index (κ3) is 6.73. The van der Waals surface area contributed by atoms with Crippen molar-refractivity contribution in [3.8, 4) is 0 Å². The molecule has 8 heteroatoms. The van der Waals surface area contributed by atoms with Crippen molar-refractivity contribution in [3.63, 3.8) is 0 Å². The summed E-state index contributed by atoms with van der Waals surface area (Å²) in [5.74, 6) is 0.327. The summed E-state index contributed by atoms with van der Waals surface area (Å²) in [6, 6.07) is 0.581. The fraction of sp³-hybridized carbons (Fsp3) is 0.727. The van der Waals surface area contributed by atoms with Gasteiger partial charge in [0.2, 0.25) is 11.8 Å². The zero-order valence-electron chi connectivity index (χ0n) is 11.5. The molecule has 0 aliphatic rings. The first-order chi connectivity index (χ1) is 9.11. The van der Waals surface area contributed by atoms with Crippen molar-refractivity contribution in [1.82, 2.24) is 20.8 Å². The van der Waals surface area contributed by atoms with Crippen molar-refractivity contribution in [3.05, 3.63) is 5.89 Å². The molecule has 19 heavy (non-hydrogen) atoms. The number of amides is 1. The predicted molar refractivity (Wildman–Crippen MR) is 69.6 cm³/mol. The van der Waals surface area contributed by atoms with Crippen LogP contribution >= 0.6 is 0 Å². The number of hydrogen-bond donors (Lipinski definition) is 3. The molecule has 1 aromatic rings. The van der Waals surface area contributed by atoms with Gasteiger partial charge < -0.3 is 25.1 Å². The van der Waals surface area contributed by atoms with Crippen LogP contribution in [-0.2, 0) is 16.1 Å². The molecule has 0 aromatic carbocycles. The number of methoxy groups -OCH3 is 1. The lowest BCUT2D eigenvalue weighted by Crippen LogP contribution is -2.32. The monoisotopic (exact) mass is 271 g/mol. The number of anilines is 1. The highest BCUT2D eigenvalue weighted by atomic mass is 16.5. The maximum atomic E-state index is 11.4. The van der Waals surface area contributed by atoms with Crippen molar-refractivity contribution in [2.75, 3.05) is 32.1 Å². The molecule has 3 N–H and O–H groups in total. The first-order valence-electron chi connectivity index (χ1n) is 6.17. The van der Waals surface area contributed by atoms with Crippen LogP contribution in [0.25, 0.3) is 0 Å². The molecule has 0 atom stereocenters. The smallest absolute Gasteiger partial charge is 0.315 e. The van der Waals surface area contributed by atoms with Gasteiger partial charge in [-0.2, -0.15) is 0 Å². The Morgan fingerprint density at radius 2 is 2.21 bits per heavy atom. The molecule has 8 nitrogen and oxygen atoms in total. The Hall–Kier alpha value is -1.67.